The molecule has 2 aliphatic rings. The number of carboxylic acid groups (broad SMARTS) is 1. The van der Waals surface area contributed by atoms with Crippen LogP contribution >= 0.6 is 0 Å². The molecule has 0 aromatic heterocycles. The summed E-state index contributed by atoms with van der Waals surface area (Å²) in [7, 11) is 0. The van der Waals surface area contributed by atoms with E-state index in [0.29, 0.717) is 26.2 Å². The Labute approximate surface area is 148 Å². The lowest BCUT2D eigenvalue weighted by molar-refractivity contribution is -0.117. The van der Waals surface area contributed by atoms with E-state index in [0.717, 1.165) is 16.9 Å². The fourth-order valence-corrected chi connectivity index (χ4v) is 3.88. The molecule has 3 N–H and O–H groups in total. The lowest BCUT2D eigenvalue weighted by atomic mass is 9.83. The van der Waals surface area contributed by atoms with Crippen LogP contribution in [0.25, 0.3) is 0 Å². The summed E-state index contributed by atoms with van der Waals surface area (Å²) in [4.78, 5) is 28.6. The Morgan fingerprint density at radius 2 is 1.80 bits per heavy atom. The van der Waals surface area contributed by atoms with Crippen LogP contribution in [0.3, 0.4) is 0 Å². The van der Waals surface area contributed by atoms with E-state index < -0.39 is 6.09 Å². The van der Waals surface area contributed by atoms with E-state index in [1.807, 2.05) is 24.0 Å². The van der Waals surface area contributed by atoms with Gasteiger partial charge in [0.1, 0.15) is 0 Å². The van der Waals surface area contributed by atoms with Crippen LogP contribution in [0.15, 0.2) is 18.2 Å². The number of anilines is 2. The van der Waals surface area contributed by atoms with Gasteiger partial charge in [0.15, 0.2) is 0 Å². The van der Waals surface area contributed by atoms with Gasteiger partial charge in [-0.1, -0.05) is 6.92 Å². The topological polar surface area (TPSA) is 90.1 Å². The molecule has 2 amide bonds. The van der Waals surface area contributed by atoms with Crippen LogP contribution in [0.1, 0.15) is 32.4 Å². The minimum Gasteiger partial charge on any atom is -0.465 e. The number of hydrogen-bond donors (Lipinski definition) is 2. The number of fused-ring (bicyclic) bond motifs is 1. The normalized spacial score (nSPS) is 26.4. The van der Waals surface area contributed by atoms with Gasteiger partial charge in [-0.2, -0.15) is 0 Å². The predicted molar refractivity (Wildman–Crippen MR) is 97.0 cm³/mol. The van der Waals surface area contributed by atoms with Gasteiger partial charge in [0.25, 0.3) is 0 Å². The minimum atomic E-state index is -0.868. The summed E-state index contributed by atoms with van der Waals surface area (Å²) in [5.41, 5.74) is 9.37. The quantitative estimate of drug-likeness (QED) is 0.810. The first-order valence-electron chi connectivity index (χ1n) is 8.73. The molecule has 2 aliphatic heterocycles. The largest absolute Gasteiger partial charge is 0.465 e. The van der Waals surface area contributed by atoms with Crippen molar-refractivity contribution in [2.75, 3.05) is 36.0 Å². The number of benzene rings is 1. The van der Waals surface area contributed by atoms with Gasteiger partial charge in [-0.05, 0) is 36.6 Å². The number of hydrogen-bond acceptors (Lipinski definition) is 4. The molecule has 2 heterocycles. The molecule has 7 nitrogen and oxygen atoms in total. The molecular weight excluding hydrogens is 320 g/mol. The second kappa shape index (κ2) is 6.55. The Morgan fingerprint density at radius 3 is 2.36 bits per heavy atom. The van der Waals surface area contributed by atoms with Crippen LogP contribution < -0.4 is 15.5 Å². The summed E-state index contributed by atoms with van der Waals surface area (Å²) in [5.74, 6) is 0.186. The van der Waals surface area contributed by atoms with Gasteiger partial charge >= 0.3 is 6.09 Å². The van der Waals surface area contributed by atoms with Crippen molar-refractivity contribution < 1.29 is 14.7 Å². The average molecular weight is 346 g/mol. The van der Waals surface area contributed by atoms with Crippen LogP contribution in [0.4, 0.5) is 16.2 Å². The fraction of sp³-hybridized carbons (Fsp3) is 0.556. The van der Waals surface area contributed by atoms with Crippen LogP contribution in [0.2, 0.25) is 0 Å². The third-order valence-electron chi connectivity index (χ3n) is 5.62. The first-order valence-corrected chi connectivity index (χ1v) is 8.73. The maximum Gasteiger partial charge on any atom is 0.407 e. The van der Waals surface area contributed by atoms with Crippen molar-refractivity contribution in [1.29, 1.82) is 0 Å². The molecule has 1 aromatic rings. The molecule has 0 radical (unpaired) electrons. The number of amides is 2. The molecule has 25 heavy (non-hydrogen) atoms. The van der Waals surface area contributed by atoms with E-state index in [2.05, 4.69) is 17.9 Å². The highest BCUT2D eigenvalue weighted by molar-refractivity contribution is 5.94. The average Bonchev–Trinajstić information content (AvgIpc) is 2.59. The summed E-state index contributed by atoms with van der Waals surface area (Å²) < 4.78 is 0. The molecule has 1 fully saturated rings. The number of carbonyl (C=O) groups excluding carboxylic acids is 1. The maximum atomic E-state index is 12.1. The van der Waals surface area contributed by atoms with E-state index >= 15 is 0 Å². The highest BCUT2D eigenvalue weighted by Crippen LogP contribution is 2.41. The number of nitrogens with two attached hydrogens (primary N) is 1. The third kappa shape index (κ3) is 3.04. The van der Waals surface area contributed by atoms with E-state index in [-0.39, 0.29) is 23.9 Å². The first-order chi connectivity index (χ1) is 11.8. The molecule has 0 saturated carbocycles. The fourth-order valence-electron chi connectivity index (χ4n) is 3.88. The molecule has 3 atom stereocenters. The van der Waals surface area contributed by atoms with Crippen LogP contribution in [-0.4, -0.2) is 54.2 Å². The summed E-state index contributed by atoms with van der Waals surface area (Å²) in [6, 6.07) is 5.97. The van der Waals surface area contributed by atoms with Gasteiger partial charge in [-0.25, -0.2) is 4.79 Å². The van der Waals surface area contributed by atoms with Crippen LogP contribution in [-0.2, 0) is 4.79 Å². The van der Waals surface area contributed by atoms with Gasteiger partial charge in [0.2, 0.25) is 5.91 Å². The van der Waals surface area contributed by atoms with Crippen molar-refractivity contribution in [3.8, 4) is 0 Å². The zero-order valence-electron chi connectivity index (χ0n) is 15.0. The van der Waals surface area contributed by atoms with E-state index in [1.54, 1.807) is 6.92 Å². The Kier molecular flexibility index (Phi) is 4.60. The molecule has 1 aromatic carbocycles. The van der Waals surface area contributed by atoms with Crippen molar-refractivity contribution in [3.05, 3.63) is 23.8 Å². The molecule has 0 unspecified atom stereocenters. The summed E-state index contributed by atoms with van der Waals surface area (Å²) in [6.45, 7) is 7.99. The first kappa shape index (κ1) is 17.5. The number of piperazine rings is 1. The van der Waals surface area contributed by atoms with Gasteiger partial charge in [0.05, 0.1) is 0 Å². The molecule has 0 bridgehead atoms. The summed E-state index contributed by atoms with van der Waals surface area (Å²) in [5, 5.41) is 9.08. The predicted octanol–water partition coefficient (Wildman–Crippen LogP) is 1.88. The van der Waals surface area contributed by atoms with Crippen molar-refractivity contribution in [2.45, 2.75) is 32.9 Å². The highest BCUT2D eigenvalue weighted by atomic mass is 16.4. The Hall–Kier alpha value is -2.28. The monoisotopic (exact) mass is 346 g/mol. The van der Waals surface area contributed by atoms with Gasteiger partial charge < -0.3 is 25.5 Å². The highest BCUT2D eigenvalue weighted by Gasteiger charge is 2.36. The molecule has 136 valence electrons. The van der Waals surface area contributed by atoms with Crippen molar-refractivity contribution >= 4 is 23.4 Å². The zero-order valence-corrected chi connectivity index (χ0v) is 15.0. The van der Waals surface area contributed by atoms with Crippen molar-refractivity contribution in [3.63, 3.8) is 0 Å². The lowest BCUT2D eigenvalue weighted by Crippen LogP contribution is -2.49. The summed E-state index contributed by atoms with van der Waals surface area (Å²) in [6.07, 6.45) is -0.868. The van der Waals surface area contributed by atoms with Gasteiger partial charge in [0, 0.05) is 56.6 Å². The molecular formula is C18H26N4O3. The Morgan fingerprint density at radius 1 is 1.16 bits per heavy atom. The summed E-state index contributed by atoms with van der Waals surface area (Å²) >= 11 is 0. The molecule has 0 spiro atoms. The molecule has 0 aliphatic carbocycles. The Bertz CT molecular complexity index is 685. The van der Waals surface area contributed by atoms with E-state index in [9.17, 15) is 9.59 Å². The number of carbonyl (C=O) groups is 2. The molecule has 3 rings (SSSR count). The second-order valence-corrected chi connectivity index (χ2v) is 7.01. The van der Waals surface area contributed by atoms with Crippen LogP contribution in [0, 0.1) is 5.92 Å². The van der Waals surface area contributed by atoms with Crippen molar-refractivity contribution in [1.82, 2.24) is 4.90 Å². The van der Waals surface area contributed by atoms with Crippen molar-refractivity contribution in [2.24, 2.45) is 11.7 Å². The second-order valence-electron chi connectivity index (χ2n) is 7.01. The Balaban J connectivity index is 1.89. The van der Waals surface area contributed by atoms with Gasteiger partial charge in [-0.3, -0.25) is 4.79 Å². The minimum absolute atomic E-state index is 0.0234. The number of rotatable bonds is 1. The molecule has 7 heteroatoms. The SMILES string of the molecule is CC(=O)N1c2ccc(N3CCN(C(=O)O)CC3)cc2[C@H](N)[C@@H](C)[C@@H]1C. The lowest BCUT2D eigenvalue weighted by Gasteiger charge is -2.43. The zero-order chi connectivity index (χ0) is 18.3. The van der Waals surface area contributed by atoms with E-state index in [1.165, 1.54) is 4.90 Å². The van der Waals surface area contributed by atoms with Gasteiger partial charge in [-0.15, -0.1) is 0 Å². The smallest absolute Gasteiger partial charge is 0.407 e. The van der Waals surface area contributed by atoms with E-state index in [4.69, 9.17) is 10.8 Å². The molecule has 1 saturated heterocycles. The number of nitrogens with zero attached hydrogens (tertiary/aromatic N) is 3. The third-order valence-corrected chi connectivity index (χ3v) is 5.62. The maximum absolute atomic E-state index is 12.1. The standard InChI is InChI=1S/C18H26N4O3/c1-11-12(2)22(13(3)23)16-5-4-14(10-15(16)17(11)19)20-6-8-21(9-7-20)18(24)25/h4-5,10-12,17H,6-9,19H2,1-3H3,(H,24,25)/t11-,12-,17+/m0/s1. The van der Waals surface area contributed by atoms with Crippen LogP contribution in [0.5, 0.6) is 0 Å².